The lowest BCUT2D eigenvalue weighted by atomic mass is 9.90. The zero-order chi connectivity index (χ0) is 18.8. The fourth-order valence-electron chi connectivity index (χ4n) is 2.16. The summed E-state index contributed by atoms with van der Waals surface area (Å²) < 4.78 is 2.21. The van der Waals surface area contributed by atoms with Crippen molar-refractivity contribution in [3.63, 3.8) is 0 Å². The van der Waals surface area contributed by atoms with E-state index in [9.17, 15) is 14.9 Å². The van der Waals surface area contributed by atoms with Crippen LogP contribution < -0.4 is 10.9 Å². The van der Waals surface area contributed by atoms with E-state index in [1.165, 1.54) is 23.1 Å². The predicted molar refractivity (Wildman–Crippen MR) is 102 cm³/mol. The minimum atomic E-state index is -0.929. The number of carbonyl (C=O) groups excluding carboxylic acids is 1. The highest BCUT2D eigenvalue weighted by molar-refractivity contribution is 8.00. The number of amides is 1. The number of thioether (sulfide) groups is 1. The molecule has 134 valence electrons. The van der Waals surface area contributed by atoms with Crippen LogP contribution in [0.2, 0.25) is 0 Å². The minimum absolute atomic E-state index is 0.0206. The number of nitriles is 1. The van der Waals surface area contributed by atoms with Crippen LogP contribution in [-0.4, -0.2) is 26.2 Å². The number of rotatable bonds is 6. The van der Waals surface area contributed by atoms with E-state index in [0.717, 1.165) is 0 Å². The van der Waals surface area contributed by atoms with E-state index in [1.807, 2.05) is 32.2 Å². The Morgan fingerprint density at radius 1 is 1.52 bits per heavy atom. The van der Waals surface area contributed by atoms with E-state index < -0.39 is 10.8 Å². The van der Waals surface area contributed by atoms with Gasteiger partial charge in [0.05, 0.1) is 16.8 Å². The zero-order valence-electron chi connectivity index (χ0n) is 15.0. The van der Waals surface area contributed by atoms with E-state index in [-0.39, 0.29) is 17.4 Å². The Morgan fingerprint density at radius 3 is 2.76 bits per heavy atom. The fourth-order valence-corrected chi connectivity index (χ4v) is 3.91. The predicted octanol–water partition coefficient (Wildman–Crippen LogP) is 3.01. The molecule has 1 amide bonds. The Morgan fingerprint density at radius 2 is 2.20 bits per heavy atom. The average Bonchev–Trinajstić information content (AvgIpc) is 3.03. The molecule has 2 rings (SSSR count). The lowest BCUT2D eigenvalue weighted by Crippen LogP contribution is -2.51. The van der Waals surface area contributed by atoms with Crippen LogP contribution in [0.5, 0.6) is 0 Å². The molecule has 2 aromatic heterocycles. The molecule has 0 bridgehead atoms. The first-order chi connectivity index (χ1) is 11.7. The van der Waals surface area contributed by atoms with Crippen LogP contribution in [0, 0.1) is 17.2 Å². The van der Waals surface area contributed by atoms with Crippen molar-refractivity contribution in [3.05, 3.63) is 21.8 Å². The maximum Gasteiger partial charge on any atom is 0.272 e. The van der Waals surface area contributed by atoms with E-state index in [0.29, 0.717) is 21.9 Å². The molecule has 0 spiro atoms. The van der Waals surface area contributed by atoms with E-state index in [2.05, 4.69) is 16.4 Å². The molecular formula is C17H22N4O2S2. The number of nitrogens with one attached hydrogen (secondary N) is 1. The summed E-state index contributed by atoms with van der Waals surface area (Å²) in [5, 5.41) is 14.1. The molecule has 2 heterocycles. The second-order valence-electron chi connectivity index (χ2n) is 6.30. The largest absolute Gasteiger partial charge is 0.337 e. The van der Waals surface area contributed by atoms with Gasteiger partial charge in [0.15, 0.2) is 5.16 Å². The Bertz CT molecular complexity index is 881. The highest BCUT2D eigenvalue weighted by atomic mass is 32.2. The molecule has 25 heavy (non-hydrogen) atoms. The van der Waals surface area contributed by atoms with Gasteiger partial charge >= 0.3 is 0 Å². The van der Waals surface area contributed by atoms with Gasteiger partial charge in [0.25, 0.3) is 5.56 Å². The summed E-state index contributed by atoms with van der Waals surface area (Å²) in [6.07, 6.45) is 0. The second-order valence-corrected chi connectivity index (χ2v) is 8.52. The number of thiophene rings is 1. The normalized spacial score (nSPS) is 14.9. The van der Waals surface area contributed by atoms with Crippen molar-refractivity contribution in [2.24, 2.45) is 5.92 Å². The lowest BCUT2D eigenvalue weighted by Gasteiger charge is -2.28. The molecule has 2 unspecified atom stereocenters. The highest BCUT2D eigenvalue weighted by Gasteiger charge is 2.32. The van der Waals surface area contributed by atoms with Gasteiger partial charge in [-0.15, -0.1) is 11.3 Å². The van der Waals surface area contributed by atoms with Gasteiger partial charge in [-0.25, -0.2) is 4.98 Å². The van der Waals surface area contributed by atoms with E-state index in [1.54, 1.807) is 18.4 Å². The molecule has 0 radical (unpaired) electrons. The van der Waals surface area contributed by atoms with Gasteiger partial charge in [0.1, 0.15) is 10.2 Å². The van der Waals surface area contributed by atoms with Gasteiger partial charge in [0.2, 0.25) is 5.91 Å². The van der Waals surface area contributed by atoms with E-state index in [4.69, 9.17) is 0 Å². The third-order valence-corrected chi connectivity index (χ3v) is 6.25. The highest BCUT2D eigenvalue weighted by Crippen LogP contribution is 2.25. The smallest absolute Gasteiger partial charge is 0.272 e. The number of fused-ring (bicyclic) bond motifs is 1. The van der Waals surface area contributed by atoms with Crippen LogP contribution in [0.25, 0.3) is 10.2 Å². The number of aromatic nitrogens is 2. The van der Waals surface area contributed by atoms with Crippen molar-refractivity contribution in [2.75, 3.05) is 0 Å². The quantitative estimate of drug-likeness (QED) is 0.617. The molecule has 0 aliphatic heterocycles. The summed E-state index contributed by atoms with van der Waals surface area (Å²) in [5.41, 5.74) is -0.360. The van der Waals surface area contributed by atoms with Crippen LogP contribution in [0.15, 0.2) is 21.4 Å². The van der Waals surface area contributed by atoms with Crippen molar-refractivity contribution in [3.8, 4) is 6.07 Å². The van der Waals surface area contributed by atoms with E-state index >= 15 is 0 Å². The number of hydrogen-bond acceptors (Lipinski definition) is 6. The summed E-state index contributed by atoms with van der Waals surface area (Å²) in [4.78, 5) is 29.6. The van der Waals surface area contributed by atoms with Crippen molar-refractivity contribution in [2.45, 2.75) is 57.1 Å². The molecule has 0 saturated heterocycles. The Labute approximate surface area is 155 Å². The first-order valence-corrected chi connectivity index (χ1v) is 9.87. The Balaban J connectivity index is 2.27. The SMILES string of the molecule is CCn1c(SC(C)C(=O)NC(C)(C#N)C(C)C)nc2ccsc2c1=O. The molecule has 2 aromatic rings. The monoisotopic (exact) mass is 378 g/mol. The van der Waals surface area contributed by atoms with Gasteiger partial charge in [0, 0.05) is 6.54 Å². The lowest BCUT2D eigenvalue weighted by molar-refractivity contribution is -0.121. The first-order valence-electron chi connectivity index (χ1n) is 8.11. The summed E-state index contributed by atoms with van der Waals surface area (Å²) in [7, 11) is 0. The molecule has 6 nitrogen and oxygen atoms in total. The first kappa shape index (κ1) is 19.5. The molecule has 2 atom stereocenters. The third kappa shape index (κ3) is 3.88. The Hall–Kier alpha value is -1.85. The number of hydrogen-bond donors (Lipinski definition) is 1. The van der Waals surface area contributed by atoms with Gasteiger partial charge in [-0.2, -0.15) is 5.26 Å². The molecule has 0 aliphatic rings. The molecule has 0 aliphatic carbocycles. The van der Waals surface area contributed by atoms with Crippen LogP contribution in [0.1, 0.15) is 34.6 Å². The molecular weight excluding hydrogens is 356 g/mol. The topological polar surface area (TPSA) is 87.8 Å². The van der Waals surface area contributed by atoms with Gasteiger partial charge < -0.3 is 5.32 Å². The molecule has 8 heteroatoms. The van der Waals surface area contributed by atoms with Crippen LogP contribution >= 0.6 is 23.1 Å². The zero-order valence-corrected chi connectivity index (χ0v) is 16.6. The van der Waals surface area contributed by atoms with Crippen molar-refractivity contribution in [1.82, 2.24) is 14.9 Å². The maximum atomic E-state index is 12.5. The molecule has 0 aromatic carbocycles. The third-order valence-electron chi connectivity index (χ3n) is 4.27. The summed E-state index contributed by atoms with van der Waals surface area (Å²) >= 11 is 2.60. The Kier molecular flexibility index (Phi) is 5.91. The number of nitrogens with zero attached hydrogens (tertiary/aromatic N) is 3. The maximum absolute atomic E-state index is 12.5. The average molecular weight is 379 g/mol. The van der Waals surface area contributed by atoms with Crippen molar-refractivity contribution < 1.29 is 4.79 Å². The van der Waals surface area contributed by atoms with Crippen LogP contribution in [0.4, 0.5) is 0 Å². The molecule has 0 saturated carbocycles. The fraction of sp³-hybridized carbons (Fsp3) is 0.529. The van der Waals surface area contributed by atoms with Gasteiger partial charge in [-0.3, -0.25) is 14.2 Å². The molecule has 1 N–H and O–H groups in total. The molecule has 0 fully saturated rings. The standard InChI is InChI=1S/C17H22N4O2S2/c1-6-21-15(23)13-12(7-8-24-13)19-16(21)25-11(4)14(22)20-17(5,9-18)10(2)3/h7-8,10-11H,6H2,1-5H3,(H,20,22). The second kappa shape index (κ2) is 7.58. The van der Waals surface area contributed by atoms with Gasteiger partial charge in [-0.1, -0.05) is 25.6 Å². The summed E-state index contributed by atoms with van der Waals surface area (Å²) in [6, 6.07) is 3.98. The van der Waals surface area contributed by atoms with Crippen LogP contribution in [-0.2, 0) is 11.3 Å². The number of carbonyl (C=O) groups is 1. The van der Waals surface area contributed by atoms with Crippen molar-refractivity contribution >= 4 is 39.2 Å². The minimum Gasteiger partial charge on any atom is -0.337 e. The summed E-state index contributed by atoms with van der Waals surface area (Å²) in [5.74, 6) is -0.266. The van der Waals surface area contributed by atoms with Gasteiger partial charge in [-0.05, 0) is 38.1 Å². The summed E-state index contributed by atoms with van der Waals surface area (Å²) in [6.45, 7) is 9.61. The van der Waals surface area contributed by atoms with Crippen LogP contribution in [0.3, 0.4) is 0 Å². The van der Waals surface area contributed by atoms with Crippen molar-refractivity contribution in [1.29, 1.82) is 5.26 Å².